The lowest BCUT2D eigenvalue weighted by Crippen LogP contribution is -2.52. The van der Waals surface area contributed by atoms with Gasteiger partial charge in [0.1, 0.15) is 12.2 Å². The van der Waals surface area contributed by atoms with E-state index in [0.717, 1.165) is 12.8 Å². The van der Waals surface area contributed by atoms with Crippen LogP contribution in [0.15, 0.2) is 11.1 Å². The molecule has 3 rings (SSSR count). The molecule has 3 heterocycles. The molecule has 2 aromatic heterocycles. The maximum absolute atomic E-state index is 12.7. The van der Waals surface area contributed by atoms with Gasteiger partial charge in [0.25, 0.3) is 14.1 Å². The van der Waals surface area contributed by atoms with E-state index in [9.17, 15) is 4.79 Å². The SMILES string of the molecule is CCCCNc1nc2c(ncn2C2COC[C@](COOI)(COP(OCCC#N)N(C(C)C)C(C)C)O2)c(=O)[nH]1. The van der Waals surface area contributed by atoms with Crippen molar-refractivity contribution in [3.63, 3.8) is 0 Å². The van der Waals surface area contributed by atoms with Crippen LogP contribution in [-0.4, -0.2) is 81.5 Å². The third-order valence-electron chi connectivity index (χ3n) is 6.04. The topological polar surface area (TPSA) is 158 Å². The molecule has 0 bridgehead atoms. The molecule has 14 nitrogen and oxygen atoms in total. The van der Waals surface area contributed by atoms with E-state index in [-0.39, 0.29) is 62.6 Å². The minimum atomic E-state index is -1.53. The van der Waals surface area contributed by atoms with Crippen LogP contribution in [-0.2, 0) is 26.6 Å². The highest BCUT2D eigenvalue weighted by molar-refractivity contribution is 14.1. The molecule has 3 atom stereocenters. The van der Waals surface area contributed by atoms with Crippen molar-refractivity contribution in [3.8, 4) is 6.07 Å². The number of nitrogens with one attached hydrogen (secondary N) is 2. The number of fused-ring (bicyclic) bond motifs is 1. The standard InChI is InChI=1S/C24H39IN7O7P/c1-6-7-10-27-23-29-21-20(22(33)30-23)28-16-31(21)19-12-34-13-24(38-19,14-35-39-25)15-37-40(36-11-8-9-26)32(17(2)3)18(4)5/h16-19H,6-8,10-15H2,1-5H3,(H2,27,29,30,33)/t19?,24-,40?/m0/s1. The minimum Gasteiger partial charge on any atom is -0.374 e. The Hall–Kier alpha value is -1.48. The summed E-state index contributed by atoms with van der Waals surface area (Å²) in [5.41, 5.74) is -0.861. The number of hydrogen-bond donors (Lipinski definition) is 2. The number of aromatic nitrogens is 4. The van der Waals surface area contributed by atoms with Crippen LogP contribution >= 0.6 is 31.5 Å². The van der Waals surface area contributed by atoms with Crippen LogP contribution in [0.4, 0.5) is 5.95 Å². The largest absolute Gasteiger partial charge is 0.374 e. The van der Waals surface area contributed by atoms with Gasteiger partial charge in [0, 0.05) is 18.6 Å². The molecule has 0 aromatic carbocycles. The number of rotatable bonds is 17. The Morgan fingerprint density at radius 1 is 1.35 bits per heavy atom. The highest BCUT2D eigenvalue weighted by atomic mass is 127. The van der Waals surface area contributed by atoms with Crippen molar-refractivity contribution in [1.82, 2.24) is 24.2 Å². The summed E-state index contributed by atoms with van der Waals surface area (Å²) in [5, 5.41) is 12.2. The van der Waals surface area contributed by atoms with Gasteiger partial charge in [0.15, 0.2) is 40.4 Å². The fourth-order valence-electron chi connectivity index (χ4n) is 4.25. The molecule has 2 aromatic rings. The lowest BCUT2D eigenvalue weighted by Gasteiger charge is -2.42. The van der Waals surface area contributed by atoms with E-state index in [2.05, 4.69) is 65.6 Å². The Morgan fingerprint density at radius 3 is 2.80 bits per heavy atom. The molecular formula is C24H39IN7O7P. The van der Waals surface area contributed by atoms with Crippen LogP contribution in [0.5, 0.6) is 0 Å². The second kappa shape index (κ2) is 16.2. The van der Waals surface area contributed by atoms with Crippen molar-refractivity contribution in [2.45, 2.75) is 77.8 Å². The number of ether oxygens (including phenoxy) is 2. The average Bonchev–Trinajstić information content (AvgIpc) is 3.35. The average molecular weight is 695 g/mol. The summed E-state index contributed by atoms with van der Waals surface area (Å²) in [6, 6.07) is 2.38. The molecule has 0 aliphatic carbocycles. The Labute approximate surface area is 249 Å². The molecule has 16 heteroatoms. The predicted octanol–water partition coefficient (Wildman–Crippen LogP) is 4.21. The number of aromatic amines is 1. The van der Waals surface area contributed by atoms with Gasteiger partial charge in [-0.3, -0.25) is 14.3 Å². The Kier molecular flexibility index (Phi) is 13.4. The van der Waals surface area contributed by atoms with Gasteiger partial charge in [-0.05, 0) is 34.1 Å². The van der Waals surface area contributed by atoms with Crippen molar-refractivity contribution >= 4 is 48.6 Å². The van der Waals surface area contributed by atoms with Gasteiger partial charge in [-0.25, -0.2) is 14.5 Å². The highest BCUT2D eigenvalue weighted by Crippen LogP contribution is 2.47. The molecule has 1 aliphatic rings. The van der Waals surface area contributed by atoms with Gasteiger partial charge < -0.3 is 23.8 Å². The van der Waals surface area contributed by atoms with Gasteiger partial charge in [-0.15, -0.1) is 0 Å². The smallest absolute Gasteiger partial charge is 0.280 e. The molecule has 0 radical (unpaired) electrons. The Balaban J connectivity index is 1.86. The monoisotopic (exact) mass is 695 g/mol. The van der Waals surface area contributed by atoms with E-state index in [0.29, 0.717) is 18.1 Å². The summed E-state index contributed by atoms with van der Waals surface area (Å²) in [6.45, 7) is 11.7. The molecule has 2 unspecified atom stereocenters. The molecule has 1 fully saturated rings. The van der Waals surface area contributed by atoms with Crippen molar-refractivity contribution < 1.29 is 26.6 Å². The Bertz CT molecular complexity index is 1150. The van der Waals surface area contributed by atoms with Crippen LogP contribution in [0.2, 0.25) is 0 Å². The van der Waals surface area contributed by atoms with Crippen molar-refractivity contribution in [3.05, 3.63) is 16.7 Å². The molecule has 0 amide bonds. The number of imidazole rings is 1. The molecule has 1 saturated heterocycles. The maximum Gasteiger partial charge on any atom is 0.280 e. The second-order valence-corrected chi connectivity index (χ2v) is 11.7. The quantitative estimate of drug-likeness (QED) is 0.0800. The van der Waals surface area contributed by atoms with E-state index < -0.39 is 20.4 Å². The van der Waals surface area contributed by atoms with E-state index in [1.54, 1.807) is 27.6 Å². The fraction of sp³-hybridized carbons (Fsp3) is 0.750. The summed E-state index contributed by atoms with van der Waals surface area (Å²) >= 11 is 1.64. The number of nitriles is 1. The van der Waals surface area contributed by atoms with Crippen LogP contribution in [0.1, 0.15) is 60.1 Å². The molecule has 1 aliphatic heterocycles. The zero-order chi connectivity index (χ0) is 29.1. The third-order valence-corrected chi connectivity index (χ3v) is 8.35. The summed E-state index contributed by atoms with van der Waals surface area (Å²) in [5.74, 6) is 0.364. The normalized spacial score (nSPS) is 20.4. The fourth-order valence-corrected chi connectivity index (χ4v) is 6.07. The predicted molar refractivity (Wildman–Crippen MR) is 157 cm³/mol. The van der Waals surface area contributed by atoms with Crippen LogP contribution in [0, 0.1) is 11.3 Å². The zero-order valence-electron chi connectivity index (χ0n) is 23.6. The van der Waals surface area contributed by atoms with Gasteiger partial charge in [0.05, 0.1) is 45.2 Å². The zero-order valence-corrected chi connectivity index (χ0v) is 26.6. The third kappa shape index (κ3) is 8.76. The van der Waals surface area contributed by atoms with Crippen LogP contribution < -0.4 is 10.9 Å². The van der Waals surface area contributed by atoms with Crippen molar-refractivity contribution in [2.75, 3.05) is 44.9 Å². The van der Waals surface area contributed by atoms with Crippen molar-refractivity contribution in [1.29, 1.82) is 5.26 Å². The first-order chi connectivity index (χ1) is 19.2. The summed E-state index contributed by atoms with van der Waals surface area (Å²) in [7, 11) is -1.53. The highest BCUT2D eigenvalue weighted by Gasteiger charge is 2.43. The first-order valence-electron chi connectivity index (χ1n) is 13.3. The number of halogens is 1. The van der Waals surface area contributed by atoms with E-state index in [1.807, 2.05) is 0 Å². The number of H-pyrrole nitrogens is 1. The lowest BCUT2D eigenvalue weighted by molar-refractivity contribution is -0.288. The Morgan fingerprint density at radius 2 is 2.12 bits per heavy atom. The number of hydrogen-bond acceptors (Lipinski definition) is 12. The van der Waals surface area contributed by atoms with Gasteiger partial charge >= 0.3 is 0 Å². The molecule has 40 heavy (non-hydrogen) atoms. The molecule has 2 N–H and O–H groups in total. The van der Waals surface area contributed by atoms with E-state index in [4.69, 9.17) is 31.9 Å². The lowest BCUT2D eigenvalue weighted by atomic mass is 10.1. The van der Waals surface area contributed by atoms with Crippen molar-refractivity contribution in [2.24, 2.45) is 0 Å². The molecule has 0 saturated carbocycles. The summed E-state index contributed by atoms with van der Waals surface area (Å²) < 4.78 is 33.6. The molecular weight excluding hydrogens is 656 g/mol. The van der Waals surface area contributed by atoms with Crippen LogP contribution in [0.3, 0.4) is 0 Å². The van der Waals surface area contributed by atoms with Gasteiger partial charge in [-0.2, -0.15) is 13.5 Å². The van der Waals surface area contributed by atoms with E-state index >= 15 is 0 Å². The number of nitrogens with zero attached hydrogens (tertiary/aromatic N) is 5. The number of unbranched alkanes of at least 4 members (excludes halogenated alkanes) is 1. The minimum absolute atomic E-state index is 0.00162. The molecule has 224 valence electrons. The first kappa shape index (κ1) is 33.0. The molecule has 0 spiro atoms. The van der Waals surface area contributed by atoms with Crippen LogP contribution in [0.25, 0.3) is 11.2 Å². The van der Waals surface area contributed by atoms with E-state index in [1.165, 1.54) is 6.33 Å². The first-order valence-corrected chi connectivity index (χ1v) is 15.3. The van der Waals surface area contributed by atoms with Gasteiger partial charge in [0.2, 0.25) is 5.95 Å². The second-order valence-electron chi connectivity index (χ2n) is 9.93. The maximum atomic E-state index is 12.7. The van der Waals surface area contributed by atoms with Gasteiger partial charge in [-0.1, -0.05) is 13.3 Å². The summed E-state index contributed by atoms with van der Waals surface area (Å²) in [6.07, 6.45) is 3.04. The summed E-state index contributed by atoms with van der Waals surface area (Å²) in [4.78, 5) is 29.6. The number of anilines is 1.